The van der Waals surface area contributed by atoms with Crippen LogP contribution in [0.2, 0.25) is 0 Å². The summed E-state index contributed by atoms with van der Waals surface area (Å²) in [7, 11) is -2.37. The average molecular weight is 357 g/mol. The lowest BCUT2D eigenvalue weighted by Crippen LogP contribution is -2.14. The van der Waals surface area contributed by atoms with Gasteiger partial charge in [-0.2, -0.15) is 4.31 Å². The van der Waals surface area contributed by atoms with Crippen molar-refractivity contribution in [3.63, 3.8) is 0 Å². The lowest BCUT2D eigenvalue weighted by molar-refractivity contribution is -0.134. The van der Waals surface area contributed by atoms with E-state index >= 15 is 0 Å². The molecule has 3 atom stereocenters. The first-order valence-corrected chi connectivity index (χ1v) is 9.30. The maximum Gasteiger partial charge on any atom is 0.330 e. The van der Waals surface area contributed by atoms with Gasteiger partial charge in [0.1, 0.15) is 0 Å². The summed E-state index contributed by atoms with van der Waals surface area (Å²) in [6, 6.07) is 15.4. The number of carbonyl (C=O) groups excluding carboxylic acids is 1. The number of aryl methyl sites for hydroxylation is 1. The quantitative estimate of drug-likeness (QED) is 0.469. The fourth-order valence-electron chi connectivity index (χ4n) is 2.80. The van der Waals surface area contributed by atoms with Gasteiger partial charge in [-0.15, -0.1) is 0 Å². The first-order valence-electron chi connectivity index (χ1n) is 7.86. The first kappa shape index (κ1) is 17.4. The van der Waals surface area contributed by atoms with Gasteiger partial charge in [-0.25, -0.2) is 13.2 Å². The Kier molecular flexibility index (Phi) is 4.74. The molecule has 1 fully saturated rings. The highest BCUT2D eigenvalue weighted by molar-refractivity contribution is 7.89. The van der Waals surface area contributed by atoms with Crippen molar-refractivity contribution in [1.82, 2.24) is 4.31 Å². The Bertz CT molecular complexity index is 889. The summed E-state index contributed by atoms with van der Waals surface area (Å²) in [4.78, 5) is 11.6. The molecule has 0 saturated carbocycles. The van der Waals surface area contributed by atoms with E-state index in [2.05, 4.69) is 4.74 Å². The van der Waals surface area contributed by atoms with E-state index in [4.69, 9.17) is 0 Å². The number of sulfonamides is 1. The summed E-state index contributed by atoms with van der Waals surface area (Å²) in [5.41, 5.74) is 1.88. The number of methoxy groups -OCH3 is 1. The SMILES string of the molecule is COC(=O)/C=C/[C@@H]1[C@H](c2ccccc2)N1S(=O)(=O)c1ccc(C)cc1. The molecule has 1 heterocycles. The van der Waals surface area contributed by atoms with Crippen LogP contribution in [-0.4, -0.2) is 31.8 Å². The maximum absolute atomic E-state index is 13.0. The zero-order valence-electron chi connectivity index (χ0n) is 14.0. The number of hydrogen-bond donors (Lipinski definition) is 0. The Hall–Kier alpha value is -2.44. The third-order valence-electron chi connectivity index (χ3n) is 4.17. The molecule has 130 valence electrons. The molecule has 0 amide bonds. The fraction of sp³-hybridized carbons (Fsp3) is 0.211. The van der Waals surface area contributed by atoms with Crippen molar-refractivity contribution in [3.05, 3.63) is 77.9 Å². The Morgan fingerprint density at radius 2 is 1.72 bits per heavy atom. The van der Waals surface area contributed by atoms with Gasteiger partial charge in [0.05, 0.1) is 24.1 Å². The number of nitrogens with zero attached hydrogens (tertiary/aromatic N) is 1. The van der Waals surface area contributed by atoms with Gasteiger partial charge in [0.2, 0.25) is 10.0 Å². The predicted molar refractivity (Wildman–Crippen MR) is 94.3 cm³/mol. The standard InChI is InChI=1S/C19H19NO4S/c1-14-8-10-16(11-9-14)25(22,23)20-17(12-13-18(21)24-2)19(20)15-6-4-3-5-7-15/h3-13,17,19H,1-2H3/b13-12+/t17-,19+,20?/m1/s1. The molecule has 0 aliphatic carbocycles. The van der Waals surface area contributed by atoms with Gasteiger partial charge in [0.15, 0.2) is 0 Å². The highest BCUT2D eigenvalue weighted by atomic mass is 32.2. The summed E-state index contributed by atoms with van der Waals surface area (Å²) >= 11 is 0. The van der Waals surface area contributed by atoms with E-state index in [9.17, 15) is 13.2 Å². The Balaban J connectivity index is 1.95. The smallest absolute Gasteiger partial charge is 0.330 e. The molecule has 3 rings (SSSR count). The Morgan fingerprint density at radius 3 is 2.32 bits per heavy atom. The minimum Gasteiger partial charge on any atom is -0.466 e. The minimum atomic E-state index is -3.65. The van der Waals surface area contributed by atoms with Crippen LogP contribution in [0.15, 0.2) is 71.6 Å². The van der Waals surface area contributed by atoms with Crippen molar-refractivity contribution in [1.29, 1.82) is 0 Å². The third-order valence-corrected chi connectivity index (χ3v) is 6.06. The predicted octanol–water partition coefficient (Wildman–Crippen LogP) is 2.84. The fourth-order valence-corrected chi connectivity index (χ4v) is 4.52. The molecule has 5 nitrogen and oxygen atoms in total. The number of carbonyl (C=O) groups is 1. The van der Waals surface area contributed by atoms with Crippen LogP contribution in [0, 0.1) is 6.92 Å². The lowest BCUT2D eigenvalue weighted by atomic mass is 10.1. The zero-order valence-corrected chi connectivity index (χ0v) is 14.8. The highest BCUT2D eigenvalue weighted by Gasteiger charge is 2.54. The third kappa shape index (κ3) is 3.50. The molecule has 2 aromatic rings. The number of esters is 1. The van der Waals surface area contributed by atoms with Crippen LogP contribution < -0.4 is 0 Å². The van der Waals surface area contributed by atoms with E-state index in [-0.39, 0.29) is 10.9 Å². The van der Waals surface area contributed by atoms with E-state index < -0.39 is 22.0 Å². The average Bonchev–Trinajstić information content (AvgIpc) is 3.36. The largest absolute Gasteiger partial charge is 0.466 e. The van der Waals surface area contributed by atoms with Crippen LogP contribution >= 0.6 is 0 Å². The van der Waals surface area contributed by atoms with Crippen molar-refractivity contribution in [2.75, 3.05) is 7.11 Å². The van der Waals surface area contributed by atoms with Gasteiger partial charge < -0.3 is 4.74 Å². The van der Waals surface area contributed by atoms with Crippen LogP contribution in [0.4, 0.5) is 0 Å². The second kappa shape index (κ2) is 6.82. The van der Waals surface area contributed by atoms with Gasteiger partial charge in [-0.3, -0.25) is 0 Å². The number of ether oxygens (including phenoxy) is 1. The first-order chi connectivity index (χ1) is 11.9. The van der Waals surface area contributed by atoms with Crippen LogP contribution in [0.5, 0.6) is 0 Å². The zero-order chi connectivity index (χ0) is 18.0. The van der Waals surface area contributed by atoms with Crippen molar-refractivity contribution in [3.8, 4) is 0 Å². The Morgan fingerprint density at radius 1 is 1.08 bits per heavy atom. The molecule has 0 aromatic heterocycles. The second-order valence-corrected chi connectivity index (χ2v) is 7.72. The highest BCUT2D eigenvalue weighted by Crippen LogP contribution is 2.48. The van der Waals surface area contributed by atoms with Crippen molar-refractivity contribution in [2.24, 2.45) is 0 Å². The summed E-state index contributed by atoms with van der Waals surface area (Å²) in [6.07, 6.45) is 2.85. The second-order valence-electron chi connectivity index (χ2n) is 5.88. The summed E-state index contributed by atoms with van der Waals surface area (Å²) < 4.78 is 32.0. The molecule has 1 aliphatic heterocycles. The molecule has 0 N–H and O–H groups in total. The van der Waals surface area contributed by atoms with Crippen molar-refractivity contribution >= 4 is 16.0 Å². The van der Waals surface area contributed by atoms with Gasteiger partial charge >= 0.3 is 5.97 Å². The molecule has 1 saturated heterocycles. The van der Waals surface area contributed by atoms with E-state index in [1.54, 1.807) is 30.3 Å². The van der Waals surface area contributed by atoms with Crippen molar-refractivity contribution in [2.45, 2.75) is 23.9 Å². The molecule has 1 unspecified atom stereocenters. The summed E-state index contributed by atoms with van der Waals surface area (Å²) in [6.45, 7) is 1.91. The van der Waals surface area contributed by atoms with Gasteiger partial charge in [0.25, 0.3) is 0 Å². The molecule has 6 heteroatoms. The molecule has 0 spiro atoms. The van der Waals surface area contributed by atoms with Crippen LogP contribution in [0.3, 0.4) is 0 Å². The maximum atomic E-state index is 13.0. The van der Waals surface area contributed by atoms with Crippen LogP contribution in [-0.2, 0) is 19.6 Å². The number of rotatable bonds is 5. The van der Waals surface area contributed by atoms with Crippen LogP contribution in [0.25, 0.3) is 0 Å². The number of hydrogen-bond acceptors (Lipinski definition) is 4. The van der Waals surface area contributed by atoms with Gasteiger partial charge in [-0.05, 0) is 24.6 Å². The van der Waals surface area contributed by atoms with E-state index in [1.165, 1.54) is 17.5 Å². The minimum absolute atomic E-state index is 0.244. The summed E-state index contributed by atoms with van der Waals surface area (Å²) in [5, 5.41) is 0. The van der Waals surface area contributed by atoms with Gasteiger partial charge in [0, 0.05) is 6.08 Å². The normalized spacial score (nSPS) is 22.7. The molecule has 1 aliphatic rings. The molecule has 0 radical (unpaired) electrons. The van der Waals surface area contributed by atoms with E-state index in [0.29, 0.717) is 0 Å². The monoisotopic (exact) mass is 357 g/mol. The van der Waals surface area contributed by atoms with Crippen LogP contribution in [0.1, 0.15) is 17.2 Å². The van der Waals surface area contributed by atoms with E-state index in [1.807, 2.05) is 37.3 Å². The Labute approximate surface area is 147 Å². The summed E-state index contributed by atoms with van der Waals surface area (Å²) in [5.74, 6) is -0.508. The topological polar surface area (TPSA) is 63.5 Å². The van der Waals surface area contributed by atoms with E-state index in [0.717, 1.165) is 11.1 Å². The van der Waals surface area contributed by atoms with Gasteiger partial charge in [-0.1, -0.05) is 54.1 Å². The molecule has 25 heavy (non-hydrogen) atoms. The molecule has 2 aromatic carbocycles. The number of benzene rings is 2. The van der Waals surface area contributed by atoms with Crippen molar-refractivity contribution < 1.29 is 17.9 Å². The molecular weight excluding hydrogens is 338 g/mol. The molecule has 0 bridgehead atoms. The molecular formula is C19H19NO4S. The lowest BCUT2D eigenvalue weighted by Gasteiger charge is -2.07.